The van der Waals surface area contributed by atoms with Gasteiger partial charge in [-0.05, 0) is 40.0 Å². The summed E-state index contributed by atoms with van der Waals surface area (Å²) in [4.78, 5) is 10.7. The van der Waals surface area contributed by atoms with Crippen molar-refractivity contribution >= 4 is 11.7 Å². The number of primary amides is 1. The fourth-order valence-corrected chi connectivity index (χ4v) is 2.27. The molecule has 1 aliphatic rings. The van der Waals surface area contributed by atoms with Crippen molar-refractivity contribution in [3.63, 3.8) is 0 Å². The number of rotatable bonds is 5. The number of hydrogen-bond donors (Lipinski definition) is 3. The Hall–Kier alpha value is -3.17. The molecule has 1 heterocycles. The van der Waals surface area contributed by atoms with Crippen LogP contribution in [-0.2, 0) is 11.2 Å². The van der Waals surface area contributed by atoms with Crippen molar-refractivity contribution in [1.29, 1.82) is 0 Å². The second-order valence-corrected chi connectivity index (χ2v) is 4.87. The lowest BCUT2D eigenvalue weighted by molar-refractivity contribution is -0.120. The van der Waals surface area contributed by atoms with Crippen LogP contribution in [0.5, 0.6) is 5.88 Å². The topological polar surface area (TPSA) is 136 Å². The minimum atomic E-state index is -0.710. The van der Waals surface area contributed by atoms with Gasteiger partial charge in [0.05, 0.1) is 6.04 Å². The molecule has 1 aromatic heterocycles. The van der Waals surface area contributed by atoms with Gasteiger partial charge in [0.2, 0.25) is 11.5 Å². The molecule has 120 valence electrons. The quantitative estimate of drug-likeness (QED) is 0.307. The number of carbonyl (C=O) groups is 1. The molecular formula is C13H12FN5O4. The lowest BCUT2D eigenvalue weighted by atomic mass is 9.83. The molecule has 2 aromatic rings. The Kier molecular flexibility index (Phi) is 3.79. The Morgan fingerprint density at radius 3 is 3.13 bits per heavy atom. The summed E-state index contributed by atoms with van der Waals surface area (Å²) in [5.41, 5.74) is 6.69. The van der Waals surface area contributed by atoms with Crippen LogP contribution >= 0.6 is 0 Å². The van der Waals surface area contributed by atoms with Crippen LogP contribution in [0.25, 0.3) is 0 Å². The van der Waals surface area contributed by atoms with Crippen LogP contribution in [0.4, 0.5) is 4.39 Å². The summed E-state index contributed by atoms with van der Waals surface area (Å²) in [5, 5.41) is 22.2. The Labute approximate surface area is 128 Å². The van der Waals surface area contributed by atoms with Crippen LogP contribution in [0, 0.1) is 5.82 Å². The molecule has 1 amide bonds. The van der Waals surface area contributed by atoms with Crippen molar-refractivity contribution in [2.45, 2.75) is 12.5 Å². The molecule has 10 heteroatoms. The molecule has 1 aromatic carbocycles. The molecule has 0 spiro atoms. The first-order valence-electron chi connectivity index (χ1n) is 6.59. The van der Waals surface area contributed by atoms with Crippen LogP contribution in [0.2, 0.25) is 0 Å². The molecule has 0 saturated carbocycles. The zero-order valence-electron chi connectivity index (χ0n) is 11.7. The highest BCUT2D eigenvalue weighted by molar-refractivity contribution is 5.98. The fraction of sp³-hybridized carbons (Fsp3) is 0.231. The van der Waals surface area contributed by atoms with Gasteiger partial charge in [0.1, 0.15) is 5.82 Å². The monoisotopic (exact) mass is 321 g/mol. The average Bonchev–Trinajstić information content (AvgIpc) is 2.97. The second-order valence-electron chi connectivity index (χ2n) is 4.87. The van der Waals surface area contributed by atoms with Gasteiger partial charge in [-0.2, -0.15) is 0 Å². The van der Waals surface area contributed by atoms with Crippen molar-refractivity contribution in [2.75, 3.05) is 6.61 Å². The van der Waals surface area contributed by atoms with E-state index in [1.54, 1.807) is 6.07 Å². The maximum atomic E-state index is 13.3. The van der Waals surface area contributed by atoms with Crippen LogP contribution in [0.1, 0.15) is 22.9 Å². The summed E-state index contributed by atoms with van der Waals surface area (Å²) >= 11 is 0. The second kappa shape index (κ2) is 5.91. The molecule has 0 radical (unpaired) electrons. The summed E-state index contributed by atoms with van der Waals surface area (Å²) in [6.45, 7) is -0.433. The van der Waals surface area contributed by atoms with Crippen molar-refractivity contribution in [3.05, 3.63) is 40.8 Å². The van der Waals surface area contributed by atoms with Gasteiger partial charge in [0, 0.05) is 0 Å². The van der Waals surface area contributed by atoms with Crippen LogP contribution in [-0.4, -0.2) is 33.9 Å². The van der Waals surface area contributed by atoms with Crippen molar-refractivity contribution in [1.82, 2.24) is 15.6 Å². The summed E-state index contributed by atoms with van der Waals surface area (Å²) in [7, 11) is 0. The molecule has 4 N–H and O–H groups in total. The van der Waals surface area contributed by atoms with E-state index in [9.17, 15) is 9.18 Å². The maximum absolute atomic E-state index is 13.3. The molecule has 0 unspecified atom stereocenters. The molecule has 23 heavy (non-hydrogen) atoms. The van der Waals surface area contributed by atoms with Gasteiger partial charge in [0.25, 0.3) is 11.8 Å². The van der Waals surface area contributed by atoms with Gasteiger partial charge < -0.3 is 21.0 Å². The largest absolute Gasteiger partial charge is 0.464 e. The van der Waals surface area contributed by atoms with E-state index >= 15 is 0 Å². The first-order chi connectivity index (χ1) is 11.1. The third-order valence-electron chi connectivity index (χ3n) is 3.35. The van der Waals surface area contributed by atoms with Gasteiger partial charge in [-0.1, -0.05) is 11.2 Å². The first kappa shape index (κ1) is 14.8. The highest BCUT2D eigenvalue weighted by atomic mass is 19.1. The highest BCUT2D eigenvalue weighted by Crippen LogP contribution is 2.33. The van der Waals surface area contributed by atoms with Gasteiger partial charge >= 0.3 is 0 Å². The lowest BCUT2D eigenvalue weighted by Gasteiger charge is -2.31. The molecule has 9 nitrogen and oxygen atoms in total. The number of nitrogens with two attached hydrogens (primary N) is 1. The number of carbonyl (C=O) groups excluding carboxylic acids is 1. The SMILES string of the molecule is NC(=O)COc1nonc1/C(=N/O)N[C@H]1Cc2ccc(F)cc21. The Morgan fingerprint density at radius 1 is 1.57 bits per heavy atom. The van der Waals surface area contributed by atoms with E-state index in [1.165, 1.54) is 12.1 Å². The number of halogens is 1. The summed E-state index contributed by atoms with van der Waals surface area (Å²) in [6, 6.07) is 4.22. The number of hydrogen-bond acceptors (Lipinski definition) is 7. The Balaban J connectivity index is 1.75. The third-order valence-corrected chi connectivity index (χ3v) is 3.35. The molecular weight excluding hydrogens is 309 g/mol. The smallest absolute Gasteiger partial charge is 0.287 e. The van der Waals surface area contributed by atoms with E-state index in [1.807, 2.05) is 0 Å². The molecule has 0 aliphatic heterocycles. The number of amides is 1. The number of oxime groups is 1. The summed E-state index contributed by atoms with van der Waals surface area (Å²) in [5.74, 6) is -1.29. The van der Waals surface area contributed by atoms with Gasteiger partial charge in [-0.15, -0.1) is 0 Å². The number of fused-ring (bicyclic) bond motifs is 1. The van der Waals surface area contributed by atoms with Gasteiger partial charge in [0.15, 0.2) is 6.61 Å². The van der Waals surface area contributed by atoms with E-state index in [-0.39, 0.29) is 29.3 Å². The Morgan fingerprint density at radius 2 is 2.39 bits per heavy atom. The standard InChI is InChI=1S/C13H12FN5O4/c14-7-2-1-6-3-9(8(6)4-7)16-12(17-21)11-13(19-23-18-11)22-5-10(15)20/h1-2,4,9,21H,3,5H2,(H2,15,20)(H,16,17)/t9-/m0/s1. The number of amidine groups is 1. The average molecular weight is 321 g/mol. The normalized spacial score (nSPS) is 16.4. The van der Waals surface area contributed by atoms with E-state index in [0.29, 0.717) is 6.42 Å². The van der Waals surface area contributed by atoms with Gasteiger partial charge in [-0.25, -0.2) is 9.02 Å². The van der Waals surface area contributed by atoms with Crippen LogP contribution < -0.4 is 15.8 Å². The van der Waals surface area contributed by atoms with Crippen molar-refractivity contribution in [2.24, 2.45) is 10.9 Å². The van der Waals surface area contributed by atoms with Crippen molar-refractivity contribution < 1.29 is 23.8 Å². The number of ether oxygens (including phenoxy) is 1. The Bertz CT molecular complexity index is 775. The predicted molar refractivity (Wildman–Crippen MR) is 73.3 cm³/mol. The van der Waals surface area contributed by atoms with E-state index < -0.39 is 12.5 Å². The molecule has 1 aliphatic carbocycles. The van der Waals surface area contributed by atoms with E-state index in [2.05, 4.69) is 25.4 Å². The van der Waals surface area contributed by atoms with E-state index in [0.717, 1.165) is 11.1 Å². The molecule has 1 atom stereocenters. The highest BCUT2D eigenvalue weighted by Gasteiger charge is 2.30. The minimum Gasteiger partial charge on any atom is -0.464 e. The number of benzene rings is 1. The van der Waals surface area contributed by atoms with E-state index in [4.69, 9.17) is 15.7 Å². The zero-order chi connectivity index (χ0) is 16.4. The number of nitrogens with zero attached hydrogens (tertiary/aromatic N) is 3. The number of nitrogens with one attached hydrogen (secondary N) is 1. The summed E-state index contributed by atoms with van der Waals surface area (Å²) in [6.07, 6.45) is 0.622. The summed E-state index contributed by atoms with van der Waals surface area (Å²) < 4.78 is 22.8. The number of aromatic nitrogens is 2. The van der Waals surface area contributed by atoms with Crippen molar-refractivity contribution in [3.8, 4) is 5.88 Å². The van der Waals surface area contributed by atoms with Crippen LogP contribution in [0.3, 0.4) is 0 Å². The van der Waals surface area contributed by atoms with Crippen LogP contribution in [0.15, 0.2) is 28.0 Å². The molecule has 0 saturated heterocycles. The molecule has 0 fully saturated rings. The molecule has 3 rings (SSSR count). The minimum absolute atomic E-state index is 0.0291. The maximum Gasteiger partial charge on any atom is 0.287 e. The third kappa shape index (κ3) is 2.91. The fourth-order valence-electron chi connectivity index (χ4n) is 2.27. The molecule has 0 bridgehead atoms. The zero-order valence-corrected chi connectivity index (χ0v) is 11.7. The lowest BCUT2D eigenvalue weighted by Crippen LogP contribution is -2.36. The predicted octanol–water partition coefficient (Wildman–Crippen LogP) is 0.0956. The van der Waals surface area contributed by atoms with Gasteiger partial charge in [-0.3, -0.25) is 4.79 Å². The first-order valence-corrected chi connectivity index (χ1v) is 6.59.